The third-order valence-electron chi connectivity index (χ3n) is 16.3. The number of benzene rings is 5. The van der Waals surface area contributed by atoms with Gasteiger partial charge in [-0.3, -0.25) is 0 Å². The van der Waals surface area contributed by atoms with Crippen LogP contribution in [-0.2, 0) is 10.8 Å². The van der Waals surface area contributed by atoms with E-state index in [9.17, 15) is 0 Å². The smallest absolute Gasteiger partial charge is 0.248 e. The maximum absolute atomic E-state index is 2.99. The minimum Gasteiger partial charge on any atom is -0.339 e. The molecule has 0 bridgehead atoms. The number of fused-ring (bicyclic) bond motifs is 11. The summed E-state index contributed by atoms with van der Waals surface area (Å²) in [4.78, 5) is 5.91. The Labute approximate surface area is 356 Å². The lowest BCUT2D eigenvalue weighted by molar-refractivity contribution is 0.170. The van der Waals surface area contributed by atoms with Crippen LogP contribution < -0.4 is 20.7 Å². The monoisotopic (exact) mass is 790 g/mol. The Morgan fingerprint density at radius 3 is 2.20 bits per heavy atom. The van der Waals surface area contributed by atoms with Gasteiger partial charge in [0.15, 0.2) is 0 Å². The first-order valence-corrected chi connectivity index (χ1v) is 23.8. The molecule has 0 saturated heterocycles. The predicted octanol–water partition coefficient (Wildman–Crippen LogP) is 13.8. The summed E-state index contributed by atoms with van der Waals surface area (Å²) in [5, 5.41) is 2.80. The standard InChI is InChI=1S/C55H59BN2S/c1-53(2,3)33-23-26-35(27-24-33)57-44-29-32(36-17-14-22-47-48(36)39-16-10-12-21-46(39)59-47)30-45-49(44)56(42-19-13-18-38-37-15-9-11-20-43(37)58(45)50(38)42)52-51(57)40-31-34(54(4,5)6)25-28-41(40)55(52,7)8/h10,12-14,16-19,21-22,25,28-31,33,35,37,43H,9,11,15,20,23-24,26-27H2,1-8H3. The largest absolute Gasteiger partial charge is 0.339 e. The van der Waals surface area contributed by atoms with Gasteiger partial charge in [0, 0.05) is 71.9 Å². The van der Waals surface area contributed by atoms with Gasteiger partial charge in [0.05, 0.1) is 0 Å². The molecule has 2 unspecified atom stereocenters. The van der Waals surface area contributed by atoms with Gasteiger partial charge >= 0.3 is 0 Å². The van der Waals surface area contributed by atoms with Crippen molar-refractivity contribution < 1.29 is 0 Å². The first-order chi connectivity index (χ1) is 28.3. The average molecular weight is 791 g/mol. The van der Waals surface area contributed by atoms with Crippen LogP contribution in [0.4, 0.5) is 17.1 Å². The molecule has 6 aliphatic rings. The minimum atomic E-state index is -0.113. The third kappa shape index (κ3) is 5.05. The molecule has 1 aromatic heterocycles. The third-order valence-corrected chi connectivity index (χ3v) is 17.5. The van der Waals surface area contributed by atoms with E-state index in [1.807, 2.05) is 11.3 Å². The van der Waals surface area contributed by atoms with Crippen LogP contribution in [0, 0.1) is 11.3 Å². The van der Waals surface area contributed by atoms with E-state index in [0.29, 0.717) is 23.4 Å². The highest BCUT2D eigenvalue weighted by atomic mass is 32.1. The Kier molecular flexibility index (Phi) is 7.69. The first-order valence-electron chi connectivity index (χ1n) is 23.0. The van der Waals surface area contributed by atoms with Gasteiger partial charge in [-0.25, -0.2) is 0 Å². The van der Waals surface area contributed by atoms with Gasteiger partial charge in [0.25, 0.3) is 0 Å². The lowest BCUT2D eigenvalue weighted by Gasteiger charge is -2.50. The molecule has 0 radical (unpaired) electrons. The molecule has 0 N–H and O–H groups in total. The quantitative estimate of drug-likeness (QED) is 0.161. The Bertz CT molecular complexity index is 2780. The molecular formula is C55H59BN2S. The lowest BCUT2D eigenvalue weighted by atomic mass is 9.30. The molecule has 2 saturated carbocycles. The van der Waals surface area contributed by atoms with E-state index in [4.69, 9.17) is 0 Å². The molecule has 2 atom stereocenters. The maximum atomic E-state index is 2.99. The van der Waals surface area contributed by atoms with Crippen molar-refractivity contribution in [3.05, 3.63) is 119 Å². The number of hydrogen-bond donors (Lipinski definition) is 0. The molecule has 3 aliphatic heterocycles. The van der Waals surface area contributed by atoms with E-state index in [0.717, 1.165) is 5.92 Å². The summed E-state index contributed by atoms with van der Waals surface area (Å²) in [7, 11) is 0. The lowest BCUT2D eigenvalue weighted by Crippen LogP contribution is -2.60. The molecule has 3 aliphatic carbocycles. The summed E-state index contributed by atoms with van der Waals surface area (Å²) >= 11 is 1.94. The van der Waals surface area contributed by atoms with Gasteiger partial charge in [0.1, 0.15) is 0 Å². The van der Waals surface area contributed by atoms with Crippen molar-refractivity contribution in [1.82, 2.24) is 0 Å². The fourth-order valence-corrected chi connectivity index (χ4v) is 14.5. The van der Waals surface area contributed by atoms with Crippen molar-refractivity contribution in [2.75, 3.05) is 9.80 Å². The van der Waals surface area contributed by atoms with Crippen molar-refractivity contribution in [3.8, 4) is 11.1 Å². The molecule has 0 amide bonds. The molecule has 5 aromatic carbocycles. The van der Waals surface area contributed by atoms with E-state index < -0.39 is 0 Å². The summed E-state index contributed by atoms with van der Waals surface area (Å²) in [6.07, 6.45) is 10.3. The van der Waals surface area contributed by atoms with E-state index in [1.54, 1.807) is 27.6 Å². The second kappa shape index (κ2) is 12.4. The molecule has 298 valence electrons. The van der Waals surface area contributed by atoms with Crippen LogP contribution >= 0.6 is 11.3 Å². The van der Waals surface area contributed by atoms with Crippen molar-refractivity contribution in [2.45, 2.75) is 136 Å². The second-order valence-electron chi connectivity index (χ2n) is 21.9. The van der Waals surface area contributed by atoms with Crippen molar-refractivity contribution >= 4 is 71.9 Å². The summed E-state index contributed by atoms with van der Waals surface area (Å²) < 4.78 is 2.77. The van der Waals surface area contributed by atoms with E-state index in [2.05, 4.69) is 156 Å². The van der Waals surface area contributed by atoms with Crippen LogP contribution in [0.2, 0.25) is 0 Å². The molecule has 6 aromatic rings. The SMILES string of the molecule is CC(C)(C)c1ccc2c(c1)C1=C(B3c4cccc5c4N(c4cc(-c6cccc7sc8ccccc8c67)cc(c43)N1C1CCC(C(C)(C)C)CC1)C1CCCCC51)C2(C)C. The van der Waals surface area contributed by atoms with E-state index in [-0.39, 0.29) is 17.5 Å². The van der Waals surface area contributed by atoms with Crippen LogP contribution in [0.25, 0.3) is 37.0 Å². The van der Waals surface area contributed by atoms with Gasteiger partial charge in [0.2, 0.25) is 6.71 Å². The summed E-state index contributed by atoms with van der Waals surface area (Å²) in [6.45, 7) is 19.9. The topological polar surface area (TPSA) is 6.48 Å². The van der Waals surface area contributed by atoms with Crippen LogP contribution in [0.1, 0.15) is 135 Å². The Balaban J connectivity index is 1.19. The molecule has 59 heavy (non-hydrogen) atoms. The number of para-hydroxylation sites is 1. The van der Waals surface area contributed by atoms with Gasteiger partial charge in [-0.2, -0.15) is 0 Å². The molecule has 2 nitrogen and oxygen atoms in total. The Morgan fingerprint density at radius 2 is 1.42 bits per heavy atom. The van der Waals surface area contributed by atoms with Crippen LogP contribution in [-0.4, -0.2) is 18.8 Å². The zero-order valence-corrected chi connectivity index (χ0v) is 37.3. The fourth-order valence-electron chi connectivity index (χ4n) is 13.4. The number of anilines is 3. The zero-order valence-electron chi connectivity index (χ0n) is 36.5. The average Bonchev–Trinajstić information content (AvgIpc) is 3.85. The van der Waals surface area contributed by atoms with Crippen LogP contribution in [0.5, 0.6) is 0 Å². The Hall–Kier alpha value is -4.28. The summed E-state index contributed by atoms with van der Waals surface area (Å²) in [5.74, 6) is 1.36. The molecule has 2 fully saturated rings. The van der Waals surface area contributed by atoms with Gasteiger partial charge in [-0.15, -0.1) is 11.3 Å². The van der Waals surface area contributed by atoms with Gasteiger partial charge in [-0.05, 0) is 124 Å². The molecule has 4 heteroatoms. The highest BCUT2D eigenvalue weighted by molar-refractivity contribution is 7.26. The number of thiophene rings is 1. The molecule has 4 heterocycles. The fraction of sp³-hybridized carbons (Fsp3) is 0.418. The number of nitrogens with zero attached hydrogens (tertiary/aromatic N) is 2. The molecular weight excluding hydrogens is 731 g/mol. The Morgan fingerprint density at radius 1 is 0.695 bits per heavy atom. The highest BCUT2D eigenvalue weighted by Crippen LogP contribution is 2.59. The summed E-state index contributed by atoms with van der Waals surface area (Å²) in [5.41, 5.74) is 20.0. The van der Waals surface area contributed by atoms with Crippen molar-refractivity contribution in [3.63, 3.8) is 0 Å². The number of rotatable bonds is 2. The van der Waals surface area contributed by atoms with Crippen LogP contribution in [0.3, 0.4) is 0 Å². The maximum Gasteiger partial charge on any atom is 0.248 e. The minimum absolute atomic E-state index is 0.0644. The first kappa shape index (κ1) is 36.6. The highest BCUT2D eigenvalue weighted by Gasteiger charge is 2.56. The number of hydrogen-bond acceptors (Lipinski definition) is 3. The van der Waals surface area contributed by atoms with Gasteiger partial charge in [-0.1, -0.05) is 134 Å². The number of allylic oxidation sites excluding steroid dienone is 1. The van der Waals surface area contributed by atoms with Crippen LogP contribution in [0.15, 0.2) is 96.5 Å². The van der Waals surface area contributed by atoms with E-state index >= 15 is 0 Å². The second-order valence-corrected chi connectivity index (χ2v) is 23.0. The van der Waals surface area contributed by atoms with Gasteiger partial charge < -0.3 is 9.80 Å². The van der Waals surface area contributed by atoms with E-state index in [1.165, 1.54) is 116 Å². The zero-order chi connectivity index (χ0) is 40.3. The van der Waals surface area contributed by atoms with Crippen molar-refractivity contribution in [1.29, 1.82) is 0 Å². The predicted molar refractivity (Wildman–Crippen MR) is 256 cm³/mol. The molecule has 0 spiro atoms. The summed E-state index contributed by atoms with van der Waals surface area (Å²) in [6, 6.07) is 37.6. The normalized spacial score (nSPS) is 24.0. The van der Waals surface area contributed by atoms with Crippen molar-refractivity contribution in [2.24, 2.45) is 11.3 Å². The molecule has 12 rings (SSSR count).